The minimum atomic E-state index is -0.586. The number of nitrogens with two attached hydrogens (primary N) is 1. The fourth-order valence-electron chi connectivity index (χ4n) is 2.28. The summed E-state index contributed by atoms with van der Waals surface area (Å²) in [4.78, 5) is 22.4. The van der Waals surface area contributed by atoms with Crippen molar-refractivity contribution in [3.8, 4) is 0 Å². The van der Waals surface area contributed by atoms with Gasteiger partial charge in [-0.3, -0.25) is 14.9 Å². The summed E-state index contributed by atoms with van der Waals surface area (Å²) in [5.41, 5.74) is 5.58. The lowest BCUT2D eigenvalue weighted by Crippen LogP contribution is -2.50. The second-order valence-corrected chi connectivity index (χ2v) is 5.08. The van der Waals surface area contributed by atoms with Gasteiger partial charge in [0.1, 0.15) is 5.69 Å². The molecule has 0 aliphatic carbocycles. The molecule has 0 saturated carbocycles. The average Bonchev–Trinajstić information content (AvgIpc) is 2.41. The fourth-order valence-corrected chi connectivity index (χ4v) is 2.28. The predicted molar refractivity (Wildman–Crippen MR) is 82.7 cm³/mol. The number of halogens is 1. The standard InChI is InChI=1S/C13H18N4O3.ClH/c1-8-4-5-15-7-11(8)16-13(18)9-2-3-10(14)12(6-9)17(19)20;/h2-3,6,8,11,15H,4-5,7,14H2,1H3,(H,16,18);1H. The first-order valence-electron chi connectivity index (χ1n) is 6.54. The van der Waals surface area contributed by atoms with Gasteiger partial charge in [0.15, 0.2) is 0 Å². The minimum absolute atomic E-state index is 0. The maximum atomic E-state index is 12.1. The van der Waals surface area contributed by atoms with Crippen molar-refractivity contribution in [3.05, 3.63) is 33.9 Å². The van der Waals surface area contributed by atoms with Crippen molar-refractivity contribution in [1.82, 2.24) is 10.6 Å². The number of nitro groups is 1. The van der Waals surface area contributed by atoms with Crippen molar-refractivity contribution in [2.75, 3.05) is 18.8 Å². The van der Waals surface area contributed by atoms with Gasteiger partial charge in [-0.15, -0.1) is 12.4 Å². The van der Waals surface area contributed by atoms with E-state index in [0.29, 0.717) is 12.5 Å². The summed E-state index contributed by atoms with van der Waals surface area (Å²) in [5.74, 6) is 0.0672. The van der Waals surface area contributed by atoms with E-state index in [1.165, 1.54) is 18.2 Å². The molecule has 8 heteroatoms. The fraction of sp³-hybridized carbons (Fsp3) is 0.462. The van der Waals surface area contributed by atoms with Gasteiger partial charge >= 0.3 is 0 Å². The van der Waals surface area contributed by atoms with Crippen molar-refractivity contribution in [2.45, 2.75) is 19.4 Å². The van der Waals surface area contributed by atoms with Gasteiger partial charge in [-0.05, 0) is 31.0 Å². The van der Waals surface area contributed by atoms with Gasteiger partial charge in [-0.25, -0.2) is 0 Å². The van der Waals surface area contributed by atoms with Gasteiger partial charge in [0.2, 0.25) is 0 Å². The lowest BCUT2D eigenvalue weighted by molar-refractivity contribution is -0.383. The largest absolute Gasteiger partial charge is 0.393 e. The lowest BCUT2D eigenvalue weighted by atomic mass is 9.94. The van der Waals surface area contributed by atoms with Crippen LogP contribution in [0.4, 0.5) is 11.4 Å². The molecule has 2 rings (SSSR count). The maximum absolute atomic E-state index is 12.1. The molecule has 7 nitrogen and oxygen atoms in total. The molecule has 1 aromatic rings. The van der Waals surface area contributed by atoms with Crippen LogP contribution in [0.2, 0.25) is 0 Å². The zero-order valence-corrected chi connectivity index (χ0v) is 12.5. The summed E-state index contributed by atoms with van der Waals surface area (Å²) in [6.45, 7) is 3.74. The highest BCUT2D eigenvalue weighted by atomic mass is 35.5. The van der Waals surface area contributed by atoms with Gasteiger partial charge < -0.3 is 16.4 Å². The van der Waals surface area contributed by atoms with Gasteiger partial charge in [-0.2, -0.15) is 0 Å². The average molecular weight is 315 g/mol. The number of carbonyl (C=O) groups excluding carboxylic acids is 1. The van der Waals surface area contributed by atoms with E-state index in [1.54, 1.807) is 0 Å². The Labute approximate surface area is 128 Å². The summed E-state index contributed by atoms with van der Waals surface area (Å²) in [6, 6.07) is 4.13. The number of benzene rings is 1. The zero-order valence-electron chi connectivity index (χ0n) is 11.7. The van der Waals surface area contributed by atoms with E-state index in [2.05, 4.69) is 17.6 Å². The molecule has 116 valence electrons. The van der Waals surface area contributed by atoms with Crippen molar-refractivity contribution in [2.24, 2.45) is 5.92 Å². The molecule has 0 bridgehead atoms. The van der Waals surface area contributed by atoms with Crippen molar-refractivity contribution in [1.29, 1.82) is 0 Å². The van der Waals surface area contributed by atoms with Gasteiger partial charge in [-0.1, -0.05) is 6.92 Å². The summed E-state index contributed by atoms with van der Waals surface area (Å²) >= 11 is 0. The van der Waals surface area contributed by atoms with Crippen LogP contribution in [0.1, 0.15) is 23.7 Å². The summed E-state index contributed by atoms with van der Waals surface area (Å²) < 4.78 is 0. The van der Waals surface area contributed by atoms with E-state index in [4.69, 9.17) is 5.73 Å². The van der Waals surface area contributed by atoms with E-state index in [-0.39, 0.29) is 41.3 Å². The highest BCUT2D eigenvalue weighted by molar-refractivity contribution is 5.95. The first-order chi connectivity index (χ1) is 9.49. The molecule has 1 amide bonds. The first-order valence-corrected chi connectivity index (χ1v) is 6.54. The van der Waals surface area contributed by atoms with Crippen LogP contribution in [-0.4, -0.2) is 30.0 Å². The number of hydrogen-bond acceptors (Lipinski definition) is 5. The SMILES string of the molecule is CC1CCNCC1NC(=O)c1ccc(N)c([N+](=O)[O-])c1.Cl. The van der Waals surface area contributed by atoms with Crippen LogP contribution in [0, 0.1) is 16.0 Å². The summed E-state index contributed by atoms with van der Waals surface area (Å²) in [7, 11) is 0. The van der Waals surface area contributed by atoms with E-state index < -0.39 is 4.92 Å². The minimum Gasteiger partial charge on any atom is -0.393 e. The van der Waals surface area contributed by atoms with Crippen LogP contribution >= 0.6 is 12.4 Å². The van der Waals surface area contributed by atoms with Crippen molar-refractivity contribution in [3.63, 3.8) is 0 Å². The number of rotatable bonds is 3. The highest BCUT2D eigenvalue weighted by Crippen LogP contribution is 2.22. The second-order valence-electron chi connectivity index (χ2n) is 5.08. The monoisotopic (exact) mass is 314 g/mol. The lowest BCUT2D eigenvalue weighted by Gasteiger charge is -2.30. The molecule has 1 saturated heterocycles. The maximum Gasteiger partial charge on any atom is 0.292 e. The van der Waals surface area contributed by atoms with Crippen LogP contribution in [0.5, 0.6) is 0 Å². The zero-order chi connectivity index (χ0) is 14.7. The van der Waals surface area contributed by atoms with Crippen LogP contribution in [-0.2, 0) is 0 Å². The number of nitrogen functional groups attached to an aromatic ring is 1. The Morgan fingerprint density at radius 2 is 2.24 bits per heavy atom. The highest BCUT2D eigenvalue weighted by Gasteiger charge is 2.24. The van der Waals surface area contributed by atoms with E-state index in [9.17, 15) is 14.9 Å². The predicted octanol–water partition coefficient (Wildman–Crippen LogP) is 1.33. The third-order valence-electron chi connectivity index (χ3n) is 3.63. The van der Waals surface area contributed by atoms with Crippen LogP contribution in [0.25, 0.3) is 0 Å². The Kier molecular flexibility index (Phi) is 5.92. The second kappa shape index (κ2) is 7.24. The number of nitro benzene ring substituents is 1. The Morgan fingerprint density at radius 3 is 2.86 bits per heavy atom. The molecule has 1 fully saturated rings. The molecule has 4 N–H and O–H groups in total. The van der Waals surface area contributed by atoms with Crippen LogP contribution in [0.3, 0.4) is 0 Å². The Bertz CT molecular complexity index is 538. The van der Waals surface area contributed by atoms with Crippen LogP contribution in [0.15, 0.2) is 18.2 Å². The van der Waals surface area contributed by atoms with E-state index in [1.807, 2.05) is 0 Å². The van der Waals surface area contributed by atoms with E-state index in [0.717, 1.165) is 13.0 Å². The molecule has 1 aromatic carbocycles. The molecule has 1 heterocycles. The number of amides is 1. The topological polar surface area (TPSA) is 110 Å². The molecule has 0 aromatic heterocycles. The third kappa shape index (κ3) is 4.05. The van der Waals surface area contributed by atoms with Gasteiger partial charge in [0.25, 0.3) is 11.6 Å². The first kappa shape index (κ1) is 17.2. The quantitative estimate of drug-likeness (QED) is 0.443. The molecular formula is C13H19ClN4O3. The number of hydrogen-bond donors (Lipinski definition) is 3. The Balaban J connectivity index is 0.00000220. The summed E-state index contributed by atoms with van der Waals surface area (Å²) in [6.07, 6.45) is 0.993. The molecule has 2 unspecified atom stereocenters. The number of nitrogens with zero attached hydrogens (tertiary/aromatic N) is 1. The Hall–Kier alpha value is -1.86. The molecular weight excluding hydrogens is 296 g/mol. The van der Waals surface area contributed by atoms with E-state index >= 15 is 0 Å². The van der Waals surface area contributed by atoms with Crippen molar-refractivity contribution >= 4 is 29.7 Å². The number of anilines is 1. The molecule has 21 heavy (non-hydrogen) atoms. The molecule has 0 spiro atoms. The number of nitrogens with one attached hydrogen (secondary N) is 2. The van der Waals surface area contributed by atoms with Crippen molar-refractivity contribution < 1.29 is 9.72 Å². The normalized spacial score (nSPS) is 21.2. The number of piperidine rings is 1. The molecule has 2 atom stereocenters. The number of carbonyl (C=O) groups is 1. The summed E-state index contributed by atoms with van der Waals surface area (Å²) in [5, 5.41) is 16.9. The Morgan fingerprint density at radius 1 is 1.52 bits per heavy atom. The smallest absolute Gasteiger partial charge is 0.292 e. The molecule has 0 radical (unpaired) electrons. The van der Waals surface area contributed by atoms with Crippen LogP contribution < -0.4 is 16.4 Å². The van der Waals surface area contributed by atoms with Gasteiger partial charge in [0, 0.05) is 24.2 Å². The van der Waals surface area contributed by atoms with Gasteiger partial charge in [0.05, 0.1) is 4.92 Å². The molecule has 1 aliphatic heterocycles. The third-order valence-corrected chi connectivity index (χ3v) is 3.63. The molecule has 1 aliphatic rings.